The molecule has 0 spiro atoms. The van der Waals surface area contributed by atoms with Gasteiger partial charge in [0.1, 0.15) is 5.82 Å². The van der Waals surface area contributed by atoms with Gasteiger partial charge >= 0.3 is 0 Å². The van der Waals surface area contributed by atoms with Gasteiger partial charge in [-0.3, -0.25) is 4.98 Å². The lowest BCUT2D eigenvalue weighted by Crippen LogP contribution is -2.24. The molecule has 0 radical (unpaired) electrons. The van der Waals surface area contributed by atoms with Crippen LogP contribution >= 0.6 is 0 Å². The number of aromatic nitrogens is 2. The molecule has 0 aliphatic carbocycles. The Kier molecular flexibility index (Phi) is 3.34. The molecule has 84 valence electrons. The first-order chi connectivity index (χ1) is 7.85. The molecule has 3 heteroatoms. The number of anilines is 1. The van der Waals surface area contributed by atoms with Crippen LogP contribution in [0, 0.1) is 0 Å². The molecule has 0 unspecified atom stereocenters. The van der Waals surface area contributed by atoms with Crippen LogP contribution in [0.5, 0.6) is 0 Å². The third-order valence-electron chi connectivity index (χ3n) is 2.64. The predicted molar refractivity (Wildman–Crippen MR) is 67.7 cm³/mol. The van der Waals surface area contributed by atoms with Gasteiger partial charge in [-0.05, 0) is 25.5 Å². The quantitative estimate of drug-likeness (QED) is 0.785. The number of para-hydroxylation sites is 2. The molecule has 2 rings (SSSR count). The van der Waals surface area contributed by atoms with Crippen molar-refractivity contribution in [3.05, 3.63) is 30.5 Å². The summed E-state index contributed by atoms with van der Waals surface area (Å²) in [5.74, 6) is 0.975. The van der Waals surface area contributed by atoms with Gasteiger partial charge in [0.15, 0.2) is 0 Å². The minimum atomic E-state index is 0.957. The van der Waals surface area contributed by atoms with Crippen molar-refractivity contribution < 1.29 is 0 Å². The van der Waals surface area contributed by atoms with E-state index in [1.165, 1.54) is 0 Å². The monoisotopic (exact) mass is 215 g/mol. The standard InChI is InChI=1S/C13H17N3/c1-3-9-16(4-2)13-10-14-11-7-5-6-8-12(11)15-13/h5-8,10H,3-4,9H2,1-2H3. The zero-order valence-electron chi connectivity index (χ0n) is 9.85. The molecule has 0 saturated carbocycles. The molecule has 1 aromatic heterocycles. The number of nitrogens with zero attached hydrogens (tertiary/aromatic N) is 3. The van der Waals surface area contributed by atoms with Crippen LogP contribution in [0.2, 0.25) is 0 Å². The predicted octanol–water partition coefficient (Wildman–Crippen LogP) is 2.87. The largest absolute Gasteiger partial charge is 0.356 e. The molecule has 3 nitrogen and oxygen atoms in total. The van der Waals surface area contributed by atoms with E-state index in [4.69, 9.17) is 0 Å². The van der Waals surface area contributed by atoms with Crippen molar-refractivity contribution in [3.8, 4) is 0 Å². The third kappa shape index (κ3) is 2.13. The molecule has 0 N–H and O–H groups in total. The van der Waals surface area contributed by atoms with Gasteiger partial charge in [0.25, 0.3) is 0 Å². The molecule has 0 bridgehead atoms. The Morgan fingerprint density at radius 2 is 1.88 bits per heavy atom. The number of rotatable bonds is 4. The Hall–Kier alpha value is -1.64. The lowest BCUT2D eigenvalue weighted by Gasteiger charge is -2.20. The van der Waals surface area contributed by atoms with Gasteiger partial charge in [0, 0.05) is 13.1 Å². The second-order valence-electron chi connectivity index (χ2n) is 3.80. The zero-order valence-corrected chi connectivity index (χ0v) is 9.85. The SMILES string of the molecule is CCCN(CC)c1cnc2ccccc2n1. The van der Waals surface area contributed by atoms with Gasteiger partial charge in [-0.1, -0.05) is 19.1 Å². The highest BCUT2D eigenvalue weighted by Crippen LogP contribution is 2.15. The van der Waals surface area contributed by atoms with Crippen LogP contribution in [0.1, 0.15) is 20.3 Å². The summed E-state index contributed by atoms with van der Waals surface area (Å²) < 4.78 is 0. The van der Waals surface area contributed by atoms with E-state index in [0.717, 1.165) is 36.4 Å². The molecule has 0 aliphatic heterocycles. The maximum atomic E-state index is 4.63. The van der Waals surface area contributed by atoms with E-state index in [9.17, 15) is 0 Å². The number of benzene rings is 1. The van der Waals surface area contributed by atoms with Crippen LogP contribution in [0.15, 0.2) is 30.5 Å². The first-order valence-electron chi connectivity index (χ1n) is 5.82. The number of hydrogen-bond donors (Lipinski definition) is 0. The van der Waals surface area contributed by atoms with E-state index in [1.807, 2.05) is 30.5 Å². The molecule has 0 fully saturated rings. The Morgan fingerprint density at radius 1 is 1.12 bits per heavy atom. The normalized spacial score (nSPS) is 10.6. The van der Waals surface area contributed by atoms with E-state index >= 15 is 0 Å². The zero-order chi connectivity index (χ0) is 11.4. The number of fused-ring (bicyclic) bond motifs is 1. The molecule has 0 aliphatic rings. The average molecular weight is 215 g/mol. The number of hydrogen-bond acceptors (Lipinski definition) is 3. The molecule has 16 heavy (non-hydrogen) atoms. The van der Waals surface area contributed by atoms with Crippen LogP contribution in [0.25, 0.3) is 11.0 Å². The van der Waals surface area contributed by atoms with E-state index < -0.39 is 0 Å². The fourth-order valence-corrected chi connectivity index (χ4v) is 1.80. The van der Waals surface area contributed by atoms with Crippen molar-refractivity contribution in [1.29, 1.82) is 0 Å². The summed E-state index contributed by atoms with van der Waals surface area (Å²) in [5, 5.41) is 0. The van der Waals surface area contributed by atoms with Crippen molar-refractivity contribution in [3.63, 3.8) is 0 Å². The minimum Gasteiger partial charge on any atom is -0.356 e. The highest BCUT2D eigenvalue weighted by atomic mass is 15.2. The van der Waals surface area contributed by atoms with Gasteiger partial charge in [0.05, 0.1) is 17.2 Å². The maximum Gasteiger partial charge on any atom is 0.147 e. The van der Waals surface area contributed by atoms with Crippen molar-refractivity contribution in [2.24, 2.45) is 0 Å². The summed E-state index contributed by atoms with van der Waals surface area (Å²) in [6, 6.07) is 7.98. The molecule has 2 aromatic rings. The maximum absolute atomic E-state index is 4.63. The van der Waals surface area contributed by atoms with E-state index in [0.29, 0.717) is 0 Å². The van der Waals surface area contributed by atoms with E-state index in [1.54, 1.807) is 0 Å². The van der Waals surface area contributed by atoms with Gasteiger partial charge in [-0.2, -0.15) is 0 Å². The molecule has 0 atom stereocenters. The summed E-state index contributed by atoms with van der Waals surface area (Å²) in [6.07, 6.45) is 2.99. The van der Waals surface area contributed by atoms with Crippen molar-refractivity contribution in [2.75, 3.05) is 18.0 Å². The highest BCUT2D eigenvalue weighted by Gasteiger charge is 2.05. The Bertz CT molecular complexity index is 467. The lowest BCUT2D eigenvalue weighted by atomic mass is 10.3. The topological polar surface area (TPSA) is 29.0 Å². The highest BCUT2D eigenvalue weighted by molar-refractivity contribution is 5.75. The second kappa shape index (κ2) is 4.92. The van der Waals surface area contributed by atoms with Crippen LogP contribution in [-0.4, -0.2) is 23.1 Å². The Balaban J connectivity index is 2.37. The summed E-state index contributed by atoms with van der Waals surface area (Å²) in [7, 11) is 0. The minimum absolute atomic E-state index is 0.957. The van der Waals surface area contributed by atoms with Crippen LogP contribution in [-0.2, 0) is 0 Å². The lowest BCUT2D eigenvalue weighted by molar-refractivity contribution is 0.778. The van der Waals surface area contributed by atoms with Gasteiger partial charge in [-0.15, -0.1) is 0 Å². The third-order valence-corrected chi connectivity index (χ3v) is 2.64. The van der Waals surface area contributed by atoms with Gasteiger partial charge in [0.2, 0.25) is 0 Å². The molecular weight excluding hydrogens is 198 g/mol. The second-order valence-corrected chi connectivity index (χ2v) is 3.80. The first-order valence-corrected chi connectivity index (χ1v) is 5.82. The average Bonchev–Trinajstić information content (AvgIpc) is 2.35. The molecule has 1 heterocycles. The fraction of sp³-hybridized carbons (Fsp3) is 0.385. The van der Waals surface area contributed by atoms with E-state index in [-0.39, 0.29) is 0 Å². The molecule has 0 amide bonds. The smallest absolute Gasteiger partial charge is 0.147 e. The fourth-order valence-electron chi connectivity index (χ4n) is 1.80. The first kappa shape index (κ1) is 10.9. The summed E-state index contributed by atoms with van der Waals surface area (Å²) in [6.45, 7) is 6.33. The molecule has 1 aromatic carbocycles. The Labute approximate surface area is 96.1 Å². The molecule has 0 saturated heterocycles. The van der Waals surface area contributed by atoms with Gasteiger partial charge in [-0.25, -0.2) is 4.98 Å². The van der Waals surface area contributed by atoms with Crippen molar-refractivity contribution in [1.82, 2.24) is 9.97 Å². The van der Waals surface area contributed by atoms with Gasteiger partial charge < -0.3 is 4.90 Å². The summed E-state index contributed by atoms with van der Waals surface area (Å²) in [4.78, 5) is 11.3. The summed E-state index contributed by atoms with van der Waals surface area (Å²) >= 11 is 0. The van der Waals surface area contributed by atoms with E-state index in [2.05, 4.69) is 28.7 Å². The molecular formula is C13H17N3. The Morgan fingerprint density at radius 3 is 2.56 bits per heavy atom. The van der Waals surface area contributed by atoms with Crippen molar-refractivity contribution >= 4 is 16.9 Å². The van der Waals surface area contributed by atoms with Crippen molar-refractivity contribution in [2.45, 2.75) is 20.3 Å². The van der Waals surface area contributed by atoms with Crippen LogP contribution < -0.4 is 4.90 Å². The van der Waals surface area contributed by atoms with Crippen LogP contribution in [0.4, 0.5) is 5.82 Å². The van der Waals surface area contributed by atoms with Crippen LogP contribution in [0.3, 0.4) is 0 Å². The summed E-state index contributed by atoms with van der Waals surface area (Å²) in [5.41, 5.74) is 1.92.